The highest BCUT2D eigenvalue weighted by Gasteiger charge is 2.60. The lowest BCUT2D eigenvalue weighted by atomic mass is 9.56. The van der Waals surface area contributed by atoms with Gasteiger partial charge in [0.15, 0.2) is 0 Å². The number of amides is 2. The number of carbonyl (C=O) groups is 2. The molecule has 5 rings (SSSR count). The molecule has 1 aliphatic carbocycles. The van der Waals surface area contributed by atoms with Crippen molar-refractivity contribution in [1.82, 2.24) is 5.32 Å². The van der Waals surface area contributed by atoms with Crippen LogP contribution in [0.1, 0.15) is 36.8 Å². The lowest BCUT2D eigenvalue weighted by Gasteiger charge is -2.44. The molecule has 6 heteroatoms. The van der Waals surface area contributed by atoms with E-state index in [1.807, 2.05) is 42.5 Å². The second-order valence-corrected chi connectivity index (χ2v) is 9.79. The van der Waals surface area contributed by atoms with Gasteiger partial charge in [0, 0.05) is 34.6 Å². The Labute approximate surface area is 197 Å². The number of rotatable bonds is 2. The SMILES string of the molecule is CC1=CC=CCC1[C@H]1CC(=O)NC[C@@H](c2cccc(Cl)c2)[C@]12C(=O)Nc1cc(Cl)ccc12. The minimum atomic E-state index is -0.936. The van der Waals surface area contributed by atoms with Crippen LogP contribution >= 0.6 is 23.2 Å². The number of nitrogens with one attached hydrogen (secondary N) is 2. The van der Waals surface area contributed by atoms with Crippen LogP contribution in [-0.2, 0) is 15.0 Å². The molecular weight excluding hydrogens is 443 g/mol. The maximum Gasteiger partial charge on any atom is 0.236 e. The van der Waals surface area contributed by atoms with Crippen LogP contribution in [-0.4, -0.2) is 18.4 Å². The van der Waals surface area contributed by atoms with E-state index in [1.54, 1.807) is 6.07 Å². The van der Waals surface area contributed by atoms with Gasteiger partial charge in [-0.25, -0.2) is 0 Å². The molecule has 164 valence electrons. The standard InChI is InChI=1S/C26H24Cl2N2O2/c1-15-5-2-3-8-19(15)21-13-24(31)29-14-22(16-6-4-7-17(27)11-16)26(21)20-10-9-18(28)12-23(20)30-25(26)32/h2-7,9-12,19,21-22H,8,13-14H2,1H3,(H,29,31)(H,30,32)/t19?,21-,22+,26-/m1/s1. The van der Waals surface area contributed by atoms with E-state index in [0.29, 0.717) is 16.6 Å². The zero-order chi connectivity index (χ0) is 22.5. The van der Waals surface area contributed by atoms with Gasteiger partial charge in [-0.15, -0.1) is 0 Å². The molecule has 32 heavy (non-hydrogen) atoms. The molecule has 1 unspecified atom stereocenters. The Morgan fingerprint density at radius 2 is 1.88 bits per heavy atom. The quantitative estimate of drug-likeness (QED) is 0.602. The van der Waals surface area contributed by atoms with E-state index in [0.717, 1.165) is 23.2 Å². The van der Waals surface area contributed by atoms with Gasteiger partial charge < -0.3 is 10.6 Å². The van der Waals surface area contributed by atoms with E-state index in [-0.39, 0.29) is 36.0 Å². The normalized spacial score (nSPS) is 29.2. The Morgan fingerprint density at radius 3 is 2.66 bits per heavy atom. The largest absolute Gasteiger partial charge is 0.355 e. The van der Waals surface area contributed by atoms with Gasteiger partial charge in [0.1, 0.15) is 0 Å². The molecule has 4 atom stereocenters. The van der Waals surface area contributed by atoms with E-state index in [4.69, 9.17) is 23.2 Å². The molecule has 0 aromatic heterocycles. The third-order valence-electron chi connectivity index (χ3n) is 7.30. The second kappa shape index (κ2) is 8.09. The van der Waals surface area contributed by atoms with Crippen LogP contribution in [0, 0.1) is 11.8 Å². The fourth-order valence-corrected chi connectivity index (χ4v) is 6.28. The van der Waals surface area contributed by atoms with Crippen molar-refractivity contribution in [1.29, 1.82) is 0 Å². The number of halogens is 2. The Kier molecular flexibility index (Phi) is 5.39. The number of hydrogen-bond donors (Lipinski definition) is 2. The van der Waals surface area contributed by atoms with Gasteiger partial charge in [-0.1, -0.05) is 65.2 Å². The van der Waals surface area contributed by atoms with Crippen LogP contribution in [0.5, 0.6) is 0 Å². The number of carbonyl (C=O) groups excluding carboxylic acids is 2. The fraction of sp³-hybridized carbons (Fsp3) is 0.308. The van der Waals surface area contributed by atoms with Gasteiger partial charge in [-0.3, -0.25) is 9.59 Å². The molecule has 1 spiro atoms. The van der Waals surface area contributed by atoms with E-state index < -0.39 is 5.41 Å². The summed E-state index contributed by atoms with van der Waals surface area (Å²) in [7, 11) is 0. The summed E-state index contributed by atoms with van der Waals surface area (Å²) in [6, 6.07) is 13.2. The smallest absolute Gasteiger partial charge is 0.236 e. The van der Waals surface area contributed by atoms with Crippen molar-refractivity contribution >= 4 is 40.7 Å². The molecule has 2 aromatic rings. The average molecular weight is 467 g/mol. The zero-order valence-electron chi connectivity index (χ0n) is 17.7. The second-order valence-electron chi connectivity index (χ2n) is 8.92. The molecule has 2 amide bonds. The molecule has 1 fully saturated rings. The lowest BCUT2D eigenvalue weighted by molar-refractivity contribution is -0.125. The van der Waals surface area contributed by atoms with Crippen LogP contribution in [0.15, 0.2) is 66.3 Å². The highest BCUT2D eigenvalue weighted by atomic mass is 35.5. The van der Waals surface area contributed by atoms with Crippen LogP contribution < -0.4 is 10.6 Å². The number of anilines is 1. The molecule has 0 bridgehead atoms. The van der Waals surface area contributed by atoms with Crippen LogP contribution in [0.2, 0.25) is 10.0 Å². The van der Waals surface area contributed by atoms with Crippen LogP contribution in [0.25, 0.3) is 0 Å². The summed E-state index contributed by atoms with van der Waals surface area (Å²) in [5, 5.41) is 7.37. The highest BCUT2D eigenvalue weighted by molar-refractivity contribution is 6.31. The van der Waals surface area contributed by atoms with Gasteiger partial charge in [0.25, 0.3) is 0 Å². The van der Waals surface area contributed by atoms with Crippen molar-refractivity contribution in [2.24, 2.45) is 11.8 Å². The average Bonchev–Trinajstić information content (AvgIpc) is 2.94. The third-order valence-corrected chi connectivity index (χ3v) is 7.77. The van der Waals surface area contributed by atoms with Gasteiger partial charge in [0.05, 0.1) is 5.41 Å². The predicted molar refractivity (Wildman–Crippen MR) is 128 cm³/mol. The summed E-state index contributed by atoms with van der Waals surface area (Å²) in [6.45, 7) is 2.45. The maximum atomic E-state index is 14.0. The van der Waals surface area contributed by atoms with E-state index >= 15 is 0 Å². The summed E-state index contributed by atoms with van der Waals surface area (Å²) in [6.07, 6.45) is 7.33. The van der Waals surface area contributed by atoms with Gasteiger partial charge in [-0.05, 0) is 60.6 Å². The molecule has 2 aromatic carbocycles. The summed E-state index contributed by atoms with van der Waals surface area (Å²) < 4.78 is 0. The molecule has 2 heterocycles. The third kappa shape index (κ3) is 3.28. The van der Waals surface area contributed by atoms with Crippen LogP contribution in [0.3, 0.4) is 0 Å². The summed E-state index contributed by atoms with van der Waals surface area (Å²) in [5.74, 6) is -0.547. The predicted octanol–water partition coefficient (Wildman–Crippen LogP) is 5.63. The van der Waals surface area contributed by atoms with E-state index in [1.165, 1.54) is 5.57 Å². The summed E-state index contributed by atoms with van der Waals surface area (Å²) in [5.41, 5.74) is 2.82. The Morgan fingerprint density at radius 1 is 1.06 bits per heavy atom. The highest BCUT2D eigenvalue weighted by Crippen LogP contribution is 2.57. The molecule has 0 radical (unpaired) electrons. The first kappa shape index (κ1) is 21.3. The number of allylic oxidation sites excluding steroid dienone is 4. The first-order chi connectivity index (χ1) is 15.4. The lowest BCUT2D eigenvalue weighted by Crippen LogP contribution is -2.50. The Bertz CT molecular complexity index is 1170. The van der Waals surface area contributed by atoms with Gasteiger partial charge >= 0.3 is 0 Å². The maximum absolute atomic E-state index is 14.0. The molecule has 2 aliphatic heterocycles. The monoisotopic (exact) mass is 466 g/mol. The minimum Gasteiger partial charge on any atom is -0.355 e. The Hall–Kier alpha value is -2.56. The first-order valence-corrected chi connectivity index (χ1v) is 11.6. The molecule has 4 nitrogen and oxygen atoms in total. The van der Waals surface area contributed by atoms with Gasteiger partial charge in [0.2, 0.25) is 11.8 Å². The topological polar surface area (TPSA) is 58.2 Å². The molecular formula is C26H24Cl2N2O2. The Balaban J connectivity index is 1.79. The van der Waals surface area contributed by atoms with Crippen molar-refractivity contribution in [2.45, 2.75) is 31.1 Å². The molecule has 0 saturated carbocycles. The fourth-order valence-electron chi connectivity index (χ4n) is 5.91. The number of fused-ring (bicyclic) bond motifs is 2. The number of benzene rings is 2. The van der Waals surface area contributed by atoms with E-state index in [2.05, 4.69) is 29.7 Å². The molecule has 2 N–H and O–H groups in total. The van der Waals surface area contributed by atoms with Crippen molar-refractivity contribution in [2.75, 3.05) is 11.9 Å². The van der Waals surface area contributed by atoms with Crippen molar-refractivity contribution in [3.63, 3.8) is 0 Å². The minimum absolute atomic E-state index is 0.0310. The van der Waals surface area contributed by atoms with Crippen molar-refractivity contribution in [3.8, 4) is 0 Å². The first-order valence-electron chi connectivity index (χ1n) is 10.9. The summed E-state index contributed by atoms with van der Waals surface area (Å²) in [4.78, 5) is 27.0. The van der Waals surface area contributed by atoms with E-state index in [9.17, 15) is 9.59 Å². The van der Waals surface area contributed by atoms with Crippen LogP contribution in [0.4, 0.5) is 5.69 Å². The van der Waals surface area contributed by atoms with Crippen molar-refractivity contribution < 1.29 is 9.59 Å². The number of hydrogen-bond acceptors (Lipinski definition) is 2. The van der Waals surface area contributed by atoms with Crippen molar-refractivity contribution in [3.05, 3.63) is 87.4 Å². The zero-order valence-corrected chi connectivity index (χ0v) is 19.2. The summed E-state index contributed by atoms with van der Waals surface area (Å²) >= 11 is 12.7. The molecule has 3 aliphatic rings. The van der Waals surface area contributed by atoms with Gasteiger partial charge in [-0.2, -0.15) is 0 Å². The molecule has 1 saturated heterocycles.